The van der Waals surface area contributed by atoms with E-state index in [0.29, 0.717) is 11.1 Å². The van der Waals surface area contributed by atoms with Crippen molar-refractivity contribution in [3.8, 4) is 17.7 Å². The number of hydrogen-bond acceptors (Lipinski definition) is 8. The Kier molecular flexibility index (Phi) is 8.87. The molecule has 0 amide bonds. The molecule has 0 radical (unpaired) electrons. The van der Waals surface area contributed by atoms with Gasteiger partial charge in [0.15, 0.2) is 0 Å². The van der Waals surface area contributed by atoms with Gasteiger partial charge in [-0.1, -0.05) is 5.92 Å². The van der Waals surface area contributed by atoms with Crippen molar-refractivity contribution in [2.45, 2.75) is 93.0 Å². The second-order valence-corrected chi connectivity index (χ2v) is 13.0. The van der Waals surface area contributed by atoms with E-state index in [2.05, 4.69) is 16.8 Å². The van der Waals surface area contributed by atoms with E-state index < -0.39 is 46.6 Å². The van der Waals surface area contributed by atoms with Crippen molar-refractivity contribution in [2.75, 3.05) is 0 Å². The SMILES string of the molecule is Cc1cn(C(=O)OC(C)(C)C)c(C(=O)C#Cc2c(F)ccc3[nH]c(OC(=O)OC(C)(C)C)c(C(=O)OC(C)(C)C)c23)c1C. The quantitative estimate of drug-likeness (QED) is 0.148. The summed E-state index contributed by atoms with van der Waals surface area (Å²) in [4.78, 5) is 54.8. The maximum Gasteiger partial charge on any atom is 0.515 e. The van der Waals surface area contributed by atoms with Crippen LogP contribution in [0.5, 0.6) is 5.88 Å². The van der Waals surface area contributed by atoms with Gasteiger partial charge in [-0.15, -0.1) is 0 Å². The number of ketones is 1. The lowest BCUT2D eigenvalue weighted by molar-refractivity contribution is 0.00623. The number of aryl methyl sites for hydroxylation is 1. The van der Waals surface area contributed by atoms with Gasteiger partial charge in [-0.3, -0.25) is 4.79 Å². The van der Waals surface area contributed by atoms with Gasteiger partial charge in [0, 0.05) is 11.6 Å². The number of Topliss-reactive ketones (excluding diaryl/α,β-unsaturated/α-hetero) is 1. The number of halogens is 1. The molecule has 3 aromatic rings. The minimum absolute atomic E-state index is 0.0396. The van der Waals surface area contributed by atoms with Crippen LogP contribution in [0.1, 0.15) is 99.9 Å². The Morgan fingerprint density at radius 1 is 0.860 bits per heavy atom. The molecule has 230 valence electrons. The number of aromatic nitrogens is 2. The van der Waals surface area contributed by atoms with Crippen molar-refractivity contribution in [1.29, 1.82) is 0 Å². The average Bonchev–Trinajstić information content (AvgIpc) is 3.31. The molecule has 0 unspecified atom stereocenters. The summed E-state index contributed by atoms with van der Waals surface area (Å²) in [5, 5.41) is -0.0662. The molecule has 0 aliphatic carbocycles. The van der Waals surface area contributed by atoms with Crippen LogP contribution in [0.15, 0.2) is 18.3 Å². The minimum Gasteiger partial charge on any atom is -0.456 e. The molecule has 1 aromatic carbocycles. The summed E-state index contributed by atoms with van der Waals surface area (Å²) in [7, 11) is 0. The first-order chi connectivity index (χ1) is 19.6. The van der Waals surface area contributed by atoms with Gasteiger partial charge >= 0.3 is 18.2 Å². The van der Waals surface area contributed by atoms with E-state index in [-0.39, 0.29) is 33.6 Å². The molecule has 2 heterocycles. The fourth-order valence-electron chi connectivity index (χ4n) is 3.95. The third-order valence-electron chi connectivity index (χ3n) is 5.67. The highest BCUT2D eigenvalue weighted by Gasteiger charge is 2.31. The zero-order chi connectivity index (χ0) is 32.7. The molecule has 0 bridgehead atoms. The molecule has 10 nitrogen and oxygen atoms in total. The second-order valence-electron chi connectivity index (χ2n) is 13.0. The molecule has 0 atom stereocenters. The Labute approximate surface area is 249 Å². The summed E-state index contributed by atoms with van der Waals surface area (Å²) in [5.41, 5.74) is -2.03. The summed E-state index contributed by atoms with van der Waals surface area (Å²) in [5.74, 6) is 2.02. The summed E-state index contributed by atoms with van der Waals surface area (Å²) in [6.07, 6.45) is -0.419. The molecule has 0 fully saturated rings. The van der Waals surface area contributed by atoms with Gasteiger partial charge in [0.25, 0.3) is 5.78 Å². The number of aromatic amines is 1. The van der Waals surface area contributed by atoms with Gasteiger partial charge in [0.1, 0.15) is 33.9 Å². The number of carbonyl (C=O) groups is 4. The highest BCUT2D eigenvalue weighted by molar-refractivity contribution is 6.13. The number of nitrogens with zero attached hydrogens (tertiary/aromatic N) is 1. The van der Waals surface area contributed by atoms with Crippen LogP contribution in [-0.2, 0) is 14.2 Å². The average molecular weight is 597 g/mol. The Morgan fingerprint density at radius 3 is 2.00 bits per heavy atom. The summed E-state index contributed by atoms with van der Waals surface area (Å²) >= 11 is 0. The van der Waals surface area contributed by atoms with Crippen LogP contribution in [0, 0.1) is 31.5 Å². The topological polar surface area (TPSA) is 126 Å². The Bertz CT molecular complexity index is 1680. The van der Waals surface area contributed by atoms with Crippen LogP contribution < -0.4 is 4.74 Å². The maximum absolute atomic E-state index is 15.3. The van der Waals surface area contributed by atoms with Crippen LogP contribution in [0.3, 0.4) is 0 Å². The molecular formula is C32H37FN2O8. The number of esters is 1. The molecular weight excluding hydrogens is 559 g/mol. The number of carbonyl (C=O) groups excluding carboxylic acids is 4. The predicted octanol–water partition coefficient (Wildman–Crippen LogP) is 7.01. The number of ether oxygens (including phenoxy) is 4. The zero-order valence-electron chi connectivity index (χ0n) is 26.3. The number of benzene rings is 1. The minimum atomic E-state index is -1.11. The second kappa shape index (κ2) is 11.6. The predicted molar refractivity (Wildman–Crippen MR) is 157 cm³/mol. The van der Waals surface area contributed by atoms with E-state index in [4.69, 9.17) is 18.9 Å². The van der Waals surface area contributed by atoms with Crippen LogP contribution in [-0.4, -0.2) is 50.4 Å². The molecule has 0 saturated heterocycles. The Hall–Kier alpha value is -4.59. The zero-order valence-corrected chi connectivity index (χ0v) is 26.3. The van der Waals surface area contributed by atoms with E-state index in [9.17, 15) is 19.2 Å². The first kappa shape index (κ1) is 32.9. The lowest BCUT2D eigenvalue weighted by atomic mass is 10.0. The summed E-state index contributed by atoms with van der Waals surface area (Å²) in [6.45, 7) is 18.3. The van der Waals surface area contributed by atoms with E-state index in [1.807, 2.05) is 0 Å². The molecule has 3 rings (SSSR count). The van der Waals surface area contributed by atoms with Crippen molar-refractivity contribution < 1.29 is 42.5 Å². The first-order valence-electron chi connectivity index (χ1n) is 13.5. The van der Waals surface area contributed by atoms with Crippen molar-refractivity contribution in [3.63, 3.8) is 0 Å². The molecule has 43 heavy (non-hydrogen) atoms. The van der Waals surface area contributed by atoms with Gasteiger partial charge in [-0.05, 0) is 105 Å². The van der Waals surface area contributed by atoms with Crippen molar-refractivity contribution in [1.82, 2.24) is 9.55 Å². The first-order valence-corrected chi connectivity index (χ1v) is 13.5. The molecule has 0 spiro atoms. The third-order valence-corrected chi connectivity index (χ3v) is 5.67. The molecule has 11 heteroatoms. The lowest BCUT2D eigenvalue weighted by Crippen LogP contribution is -2.28. The van der Waals surface area contributed by atoms with Crippen LogP contribution in [0.25, 0.3) is 10.9 Å². The number of fused-ring (bicyclic) bond motifs is 1. The lowest BCUT2D eigenvalue weighted by Gasteiger charge is -2.20. The molecule has 0 aliphatic heterocycles. The van der Waals surface area contributed by atoms with Gasteiger partial charge in [0.2, 0.25) is 5.88 Å². The van der Waals surface area contributed by atoms with E-state index in [1.54, 1.807) is 76.2 Å². The fraction of sp³-hybridized carbons (Fsp3) is 0.438. The van der Waals surface area contributed by atoms with Gasteiger partial charge in [0.05, 0.1) is 11.1 Å². The molecule has 0 aliphatic rings. The van der Waals surface area contributed by atoms with Gasteiger partial charge < -0.3 is 23.9 Å². The Morgan fingerprint density at radius 2 is 1.44 bits per heavy atom. The smallest absolute Gasteiger partial charge is 0.456 e. The van der Waals surface area contributed by atoms with E-state index >= 15 is 4.39 Å². The van der Waals surface area contributed by atoms with Crippen molar-refractivity contribution in [3.05, 3.63) is 52.1 Å². The molecule has 2 aromatic heterocycles. The molecule has 1 N–H and O–H groups in total. The van der Waals surface area contributed by atoms with Crippen molar-refractivity contribution in [2.24, 2.45) is 0 Å². The fourth-order valence-corrected chi connectivity index (χ4v) is 3.95. The largest absolute Gasteiger partial charge is 0.515 e. The normalized spacial score (nSPS) is 11.9. The maximum atomic E-state index is 15.3. The highest BCUT2D eigenvalue weighted by Crippen LogP contribution is 2.34. The van der Waals surface area contributed by atoms with Crippen molar-refractivity contribution >= 4 is 34.9 Å². The highest BCUT2D eigenvalue weighted by atomic mass is 19.1. The standard InChI is InChI=1S/C32H37FN2O8/c1-17-16-35(28(38)42-31(6,7)8)25(18(17)2)22(36)15-12-19-20(33)13-14-21-23(19)24(27(37)41-30(3,4)5)26(34-21)40-29(39)43-32(9,10)11/h13-14,16,34H,1-11H3. The third kappa shape index (κ3) is 8.03. The summed E-state index contributed by atoms with van der Waals surface area (Å²) < 4.78 is 37.9. The number of nitrogens with one attached hydrogen (secondary N) is 1. The monoisotopic (exact) mass is 596 g/mol. The number of H-pyrrole nitrogens is 1. The van der Waals surface area contributed by atoms with E-state index in [1.165, 1.54) is 12.3 Å². The van der Waals surface area contributed by atoms with E-state index in [0.717, 1.165) is 10.6 Å². The van der Waals surface area contributed by atoms with Gasteiger partial charge in [-0.2, -0.15) is 0 Å². The number of rotatable bonds is 3. The number of hydrogen-bond donors (Lipinski definition) is 1. The van der Waals surface area contributed by atoms with Crippen LogP contribution in [0.4, 0.5) is 14.0 Å². The van der Waals surface area contributed by atoms with Crippen LogP contribution >= 0.6 is 0 Å². The molecule has 0 saturated carbocycles. The van der Waals surface area contributed by atoms with Gasteiger partial charge in [-0.25, -0.2) is 23.3 Å². The Balaban J connectivity index is 2.19. The summed E-state index contributed by atoms with van der Waals surface area (Å²) in [6, 6.07) is 2.41. The van der Waals surface area contributed by atoms with Crippen LogP contribution in [0.2, 0.25) is 0 Å².